The summed E-state index contributed by atoms with van der Waals surface area (Å²) in [6.07, 6.45) is -0.519. The third-order valence-electron chi connectivity index (χ3n) is 5.00. The van der Waals surface area contributed by atoms with E-state index in [1.165, 1.54) is 0 Å². The molecule has 4 unspecified atom stereocenters. The average Bonchev–Trinajstić information content (AvgIpc) is 3.09. The monoisotopic (exact) mass is 288 g/mol. The number of fused-ring (bicyclic) bond motifs is 2. The molecular formula is C16H20N2O3. The van der Waals surface area contributed by atoms with E-state index >= 15 is 0 Å². The van der Waals surface area contributed by atoms with E-state index in [1.54, 1.807) is 0 Å². The summed E-state index contributed by atoms with van der Waals surface area (Å²) in [5.74, 6) is 2.60. The molecule has 1 amide bonds. The number of carbonyl (C=O) groups is 1. The molecule has 2 fully saturated rings. The smallest absolute Gasteiger partial charge is 0.267 e. The zero-order valence-corrected chi connectivity index (χ0v) is 12.1. The SMILES string of the molecule is CC1C2CNCC2CN1C(=O)C1COc2ccccc2O1. The van der Waals surface area contributed by atoms with Crippen LogP contribution in [-0.4, -0.2) is 49.2 Å². The second-order valence-corrected chi connectivity index (χ2v) is 6.18. The van der Waals surface area contributed by atoms with Gasteiger partial charge in [0, 0.05) is 25.7 Å². The maximum atomic E-state index is 12.8. The first-order valence-electron chi connectivity index (χ1n) is 7.63. The summed E-state index contributed by atoms with van der Waals surface area (Å²) < 4.78 is 11.5. The van der Waals surface area contributed by atoms with E-state index in [4.69, 9.17) is 9.47 Å². The first kappa shape index (κ1) is 13.0. The number of nitrogens with one attached hydrogen (secondary N) is 1. The lowest BCUT2D eigenvalue weighted by molar-refractivity contribution is -0.142. The van der Waals surface area contributed by atoms with E-state index in [0.717, 1.165) is 25.4 Å². The Balaban J connectivity index is 1.49. The van der Waals surface area contributed by atoms with Crippen LogP contribution in [0.1, 0.15) is 6.92 Å². The van der Waals surface area contributed by atoms with Crippen LogP contribution in [0, 0.1) is 11.8 Å². The normalized spacial score (nSPS) is 33.9. The van der Waals surface area contributed by atoms with Crippen LogP contribution in [0.25, 0.3) is 0 Å². The summed E-state index contributed by atoms with van der Waals surface area (Å²) in [5, 5.41) is 3.41. The number of ether oxygens (including phenoxy) is 2. The molecule has 0 spiro atoms. The van der Waals surface area contributed by atoms with Crippen LogP contribution in [0.15, 0.2) is 24.3 Å². The minimum Gasteiger partial charge on any atom is -0.485 e. The lowest BCUT2D eigenvalue weighted by atomic mass is 9.95. The van der Waals surface area contributed by atoms with Crippen LogP contribution >= 0.6 is 0 Å². The zero-order chi connectivity index (χ0) is 14.4. The summed E-state index contributed by atoms with van der Waals surface area (Å²) >= 11 is 0. The standard InChI is InChI=1S/C16H20N2O3/c1-10-12-7-17-6-11(12)8-18(10)16(19)15-9-20-13-4-2-3-5-14(13)21-15/h2-5,10-12,15,17H,6-9H2,1H3. The molecular weight excluding hydrogens is 268 g/mol. The molecule has 0 aromatic heterocycles. The quantitative estimate of drug-likeness (QED) is 0.834. The zero-order valence-electron chi connectivity index (χ0n) is 12.1. The van der Waals surface area contributed by atoms with Crippen LogP contribution in [0.2, 0.25) is 0 Å². The molecule has 3 aliphatic rings. The molecule has 3 aliphatic heterocycles. The highest BCUT2D eigenvalue weighted by Gasteiger charge is 2.46. The van der Waals surface area contributed by atoms with Gasteiger partial charge in [-0.15, -0.1) is 0 Å². The molecule has 1 aromatic rings. The van der Waals surface area contributed by atoms with Crippen molar-refractivity contribution < 1.29 is 14.3 Å². The average molecular weight is 288 g/mol. The van der Waals surface area contributed by atoms with Gasteiger partial charge in [-0.3, -0.25) is 4.79 Å². The molecule has 0 aliphatic carbocycles. The summed E-state index contributed by atoms with van der Waals surface area (Å²) in [4.78, 5) is 14.7. The Morgan fingerprint density at radius 3 is 2.90 bits per heavy atom. The van der Waals surface area contributed by atoms with Crippen LogP contribution in [0.4, 0.5) is 0 Å². The first-order valence-corrected chi connectivity index (χ1v) is 7.63. The van der Waals surface area contributed by atoms with E-state index in [9.17, 15) is 4.79 Å². The second kappa shape index (κ2) is 4.91. The van der Waals surface area contributed by atoms with Gasteiger partial charge in [0.05, 0.1) is 0 Å². The Labute approximate surface area is 124 Å². The van der Waals surface area contributed by atoms with Crippen molar-refractivity contribution in [3.05, 3.63) is 24.3 Å². The van der Waals surface area contributed by atoms with Gasteiger partial charge < -0.3 is 19.7 Å². The van der Waals surface area contributed by atoms with Crippen molar-refractivity contribution in [3.63, 3.8) is 0 Å². The largest absolute Gasteiger partial charge is 0.485 e. The lowest BCUT2D eigenvalue weighted by Gasteiger charge is -2.31. The molecule has 21 heavy (non-hydrogen) atoms. The Hall–Kier alpha value is -1.75. The molecule has 5 heteroatoms. The van der Waals surface area contributed by atoms with Crippen molar-refractivity contribution in [2.45, 2.75) is 19.1 Å². The number of hydrogen-bond donors (Lipinski definition) is 1. The van der Waals surface area contributed by atoms with Gasteiger partial charge in [-0.1, -0.05) is 12.1 Å². The van der Waals surface area contributed by atoms with Gasteiger partial charge in [-0.2, -0.15) is 0 Å². The van der Waals surface area contributed by atoms with Crippen molar-refractivity contribution >= 4 is 5.91 Å². The van der Waals surface area contributed by atoms with Gasteiger partial charge in [-0.05, 0) is 30.9 Å². The van der Waals surface area contributed by atoms with Gasteiger partial charge in [0.1, 0.15) is 6.61 Å². The fourth-order valence-corrected chi connectivity index (χ4v) is 3.78. The van der Waals surface area contributed by atoms with E-state index in [1.807, 2.05) is 29.2 Å². The molecule has 0 saturated carbocycles. The van der Waals surface area contributed by atoms with Crippen LogP contribution in [0.5, 0.6) is 11.5 Å². The third-order valence-corrected chi connectivity index (χ3v) is 5.00. The second-order valence-electron chi connectivity index (χ2n) is 6.18. The first-order chi connectivity index (χ1) is 10.2. The number of nitrogens with zero attached hydrogens (tertiary/aromatic N) is 1. The topological polar surface area (TPSA) is 50.8 Å². The van der Waals surface area contributed by atoms with Crippen LogP contribution in [-0.2, 0) is 4.79 Å². The summed E-state index contributed by atoms with van der Waals surface area (Å²) in [7, 11) is 0. The predicted molar refractivity (Wildman–Crippen MR) is 77.4 cm³/mol. The van der Waals surface area contributed by atoms with Gasteiger partial charge in [0.15, 0.2) is 11.5 Å². The van der Waals surface area contributed by atoms with E-state index in [2.05, 4.69) is 12.2 Å². The highest BCUT2D eigenvalue weighted by atomic mass is 16.6. The van der Waals surface area contributed by atoms with Gasteiger partial charge in [-0.25, -0.2) is 0 Å². The maximum Gasteiger partial charge on any atom is 0.267 e. The lowest BCUT2D eigenvalue weighted by Crippen LogP contribution is -2.49. The minimum atomic E-state index is -0.519. The molecule has 1 N–H and O–H groups in total. The number of hydrogen-bond acceptors (Lipinski definition) is 4. The van der Waals surface area contributed by atoms with Gasteiger partial charge >= 0.3 is 0 Å². The summed E-state index contributed by atoms with van der Waals surface area (Å²) in [5.41, 5.74) is 0. The van der Waals surface area contributed by atoms with Crippen molar-refractivity contribution in [3.8, 4) is 11.5 Å². The Morgan fingerprint density at radius 2 is 2.10 bits per heavy atom. The van der Waals surface area contributed by atoms with Gasteiger partial charge in [0.2, 0.25) is 6.10 Å². The molecule has 1 aromatic carbocycles. The fraction of sp³-hybridized carbons (Fsp3) is 0.562. The van der Waals surface area contributed by atoms with E-state index < -0.39 is 6.10 Å². The summed E-state index contributed by atoms with van der Waals surface area (Å²) in [6, 6.07) is 7.79. The van der Waals surface area contributed by atoms with E-state index in [0.29, 0.717) is 24.2 Å². The predicted octanol–water partition coefficient (Wildman–Crippen LogP) is 0.893. The number of likely N-dealkylation sites (tertiary alicyclic amines) is 1. The highest BCUT2D eigenvalue weighted by Crippen LogP contribution is 2.35. The molecule has 0 radical (unpaired) electrons. The molecule has 3 heterocycles. The molecule has 4 atom stereocenters. The van der Waals surface area contributed by atoms with Crippen molar-refractivity contribution in [1.29, 1.82) is 0 Å². The maximum absolute atomic E-state index is 12.8. The minimum absolute atomic E-state index is 0.0615. The van der Waals surface area contributed by atoms with Crippen LogP contribution in [0.3, 0.4) is 0 Å². The molecule has 2 saturated heterocycles. The van der Waals surface area contributed by atoms with Gasteiger partial charge in [0.25, 0.3) is 5.91 Å². The van der Waals surface area contributed by atoms with Crippen LogP contribution < -0.4 is 14.8 Å². The highest BCUT2D eigenvalue weighted by molar-refractivity contribution is 5.82. The molecule has 5 nitrogen and oxygen atoms in total. The summed E-state index contributed by atoms with van der Waals surface area (Å²) in [6.45, 7) is 5.31. The third kappa shape index (κ3) is 2.07. The Morgan fingerprint density at radius 1 is 1.29 bits per heavy atom. The molecule has 0 bridgehead atoms. The fourth-order valence-electron chi connectivity index (χ4n) is 3.78. The van der Waals surface area contributed by atoms with Crippen molar-refractivity contribution in [1.82, 2.24) is 10.2 Å². The molecule has 4 rings (SSSR count). The van der Waals surface area contributed by atoms with Crippen molar-refractivity contribution in [2.75, 3.05) is 26.2 Å². The van der Waals surface area contributed by atoms with Crippen molar-refractivity contribution in [2.24, 2.45) is 11.8 Å². The Bertz CT molecular complexity index is 562. The number of carbonyl (C=O) groups excluding carboxylic acids is 1. The van der Waals surface area contributed by atoms with E-state index in [-0.39, 0.29) is 11.9 Å². The molecule has 112 valence electrons. The number of amides is 1. The number of rotatable bonds is 1. The number of benzene rings is 1. The number of para-hydroxylation sites is 2. The Kier molecular flexibility index (Phi) is 3.03.